The number of aliphatic hydroxyl groups excluding tert-OH is 1. The summed E-state index contributed by atoms with van der Waals surface area (Å²) in [5.74, 6) is -1.91. The van der Waals surface area contributed by atoms with Gasteiger partial charge < -0.3 is 10.0 Å². The number of aliphatic hydroxyl groups is 1. The van der Waals surface area contributed by atoms with Crippen molar-refractivity contribution in [3.63, 3.8) is 0 Å². The molecule has 2 heterocycles. The van der Waals surface area contributed by atoms with Gasteiger partial charge in [-0.05, 0) is 24.6 Å². The van der Waals surface area contributed by atoms with Crippen LogP contribution < -0.4 is 0 Å². The standard InChI is InChI=1S/C16H17F2N3O3/c1-20-15(23)5-4-13(19-20)16(24)21-8-10(22)7-14(21)11-6-9(17)2-3-12(11)18/h2-3,6,10,14,22H,4-5,7-8H2,1H3/t10-,14+/m1/s1. The van der Waals surface area contributed by atoms with Gasteiger partial charge in [0.2, 0.25) is 5.91 Å². The summed E-state index contributed by atoms with van der Waals surface area (Å²) in [4.78, 5) is 25.5. The lowest BCUT2D eigenvalue weighted by atomic mass is 10.0. The van der Waals surface area contributed by atoms with Gasteiger partial charge in [-0.25, -0.2) is 13.8 Å². The predicted octanol–water partition coefficient (Wildman–Crippen LogP) is 1.21. The molecule has 0 saturated carbocycles. The van der Waals surface area contributed by atoms with Crippen molar-refractivity contribution in [3.05, 3.63) is 35.4 Å². The highest BCUT2D eigenvalue weighted by Crippen LogP contribution is 2.34. The van der Waals surface area contributed by atoms with Crippen LogP contribution in [0.15, 0.2) is 23.3 Å². The van der Waals surface area contributed by atoms with E-state index in [1.807, 2.05) is 0 Å². The van der Waals surface area contributed by atoms with E-state index in [1.54, 1.807) is 0 Å². The number of hydrogen-bond acceptors (Lipinski definition) is 4. The number of hydrazone groups is 1. The number of carbonyl (C=O) groups is 2. The summed E-state index contributed by atoms with van der Waals surface area (Å²) in [6.07, 6.45) is -0.359. The minimum Gasteiger partial charge on any atom is -0.391 e. The third-order valence-electron chi connectivity index (χ3n) is 4.31. The van der Waals surface area contributed by atoms with Crippen molar-refractivity contribution in [3.8, 4) is 0 Å². The van der Waals surface area contributed by atoms with Gasteiger partial charge >= 0.3 is 0 Å². The molecule has 1 saturated heterocycles. The summed E-state index contributed by atoms with van der Waals surface area (Å²) in [5.41, 5.74) is 0.203. The SMILES string of the molecule is CN1N=C(C(=O)N2C[C@H](O)C[C@H]2c2cc(F)ccc2F)CCC1=O. The lowest BCUT2D eigenvalue weighted by molar-refractivity contribution is -0.130. The Morgan fingerprint density at radius 3 is 2.79 bits per heavy atom. The highest BCUT2D eigenvalue weighted by atomic mass is 19.1. The van der Waals surface area contributed by atoms with Gasteiger partial charge in [0.05, 0.1) is 12.1 Å². The molecule has 0 bridgehead atoms. The van der Waals surface area contributed by atoms with Crippen LogP contribution in [0.4, 0.5) is 8.78 Å². The molecule has 0 aromatic heterocycles. The summed E-state index contributed by atoms with van der Waals surface area (Å²) in [6.45, 7) is 0.0101. The van der Waals surface area contributed by atoms with Crippen molar-refractivity contribution in [1.29, 1.82) is 0 Å². The maximum atomic E-state index is 14.1. The molecule has 8 heteroatoms. The Bertz CT molecular complexity index is 723. The smallest absolute Gasteiger partial charge is 0.270 e. The van der Waals surface area contributed by atoms with Crippen LogP contribution in [0.3, 0.4) is 0 Å². The van der Waals surface area contributed by atoms with Crippen molar-refractivity contribution in [2.75, 3.05) is 13.6 Å². The van der Waals surface area contributed by atoms with Crippen molar-refractivity contribution in [1.82, 2.24) is 9.91 Å². The van der Waals surface area contributed by atoms with E-state index in [-0.39, 0.29) is 43.0 Å². The highest BCUT2D eigenvalue weighted by Gasteiger charge is 2.39. The molecule has 0 aliphatic carbocycles. The van der Waals surface area contributed by atoms with Gasteiger partial charge in [0.25, 0.3) is 5.91 Å². The fourth-order valence-corrected chi connectivity index (χ4v) is 3.09. The van der Waals surface area contributed by atoms with Gasteiger partial charge in [-0.1, -0.05) is 0 Å². The van der Waals surface area contributed by atoms with Crippen LogP contribution in [0, 0.1) is 11.6 Å². The second kappa shape index (κ2) is 6.27. The van der Waals surface area contributed by atoms with E-state index in [2.05, 4.69) is 5.10 Å². The average molecular weight is 337 g/mol. The first-order chi connectivity index (χ1) is 11.4. The first-order valence-corrected chi connectivity index (χ1v) is 7.65. The van der Waals surface area contributed by atoms with Gasteiger partial charge in [0, 0.05) is 32.0 Å². The molecule has 0 unspecified atom stereocenters. The highest BCUT2D eigenvalue weighted by molar-refractivity contribution is 6.39. The Kier molecular flexibility index (Phi) is 4.31. The number of halogens is 2. The Hall–Kier alpha value is -2.35. The van der Waals surface area contributed by atoms with Crippen molar-refractivity contribution in [2.45, 2.75) is 31.4 Å². The second-order valence-corrected chi connectivity index (χ2v) is 5.99. The molecule has 3 rings (SSSR count). The van der Waals surface area contributed by atoms with Crippen LogP contribution in [0.1, 0.15) is 30.9 Å². The number of nitrogens with zero attached hydrogens (tertiary/aromatic N) is 3. The predicted molar refractivity (Wildman–Crippen MR) is 80.9 cm³/mol. The molecule has 0 spiro atoms. The summed E-state index contributed by atoms with van der Waals surface area (Å²) < 4.78 is 27.5. The number of carbonyl (C=O) groups excluding carboxylic acids is 2. The van der Waals surface area contributed by atoms with E-state index < -0.39 is 29.7 Å². The third-order valence-corrected chi connectivity index (χ3v) is 4.31. The van der Waals surface area contributed by atoms with E-state index in [1.165, 1.54) is 11.9 Å². The number of benzene rings is 1. The van der Waals surface area contributed by atoms with E-state index in [0.29, 0.717) is 0 Å². The fourth-order valence-electron chi connectivity index (χ4n) is 3.09. The number of likely N-dealkylation sites (tertiary alicyclic amines) is 1. The van der Waals surface area contributed by atoms with Gasteiger partial charge in [-0.15, -0.1) is 0 Å². The molecule has 1 aromatic carbocycles. The van der Waals surface area contributed by atoms with Gasteiger partial charge in [-0.3, -0.25) is 9.59 Å². The molecule has 24 heavy (non-hydrogen) atoms. The lowest BCUT2D eigenvalue weighted by Gasteiger charge is -2.27. The number of β-amino-alcohol motifs (C(OH)–C–C–N with tert-alkyl or cyclic N) is 1. The average Bonchev–Trinajstić information content (AvgIpc) is 2.93. The molecule has 128 valence electrons. The summed E-state index contributed by atoms with van der Waals surface area (Å²) >= 11 is 0. The van der Waals surface area contributed by atoms with Crippen LogP contribution >= 0.6 is 0 Å². The molecule has 6 nitrogen and oxygen atoms in total. The maximum Gasteiger partial charge on any atom is 0.270 e. The van der Waals surface area contributed by atoms with Crippen LogP contribution in [-0.2, 0) is 9.59 Å². The van der Waals surface area contributed by atoms with Gasteiger partial charge in [0.15, 0.2) is 0 Å². The molecule has 0 radical (unpaired) electrons. The molecule has 2 amide bonds. The minimum atomic E-state index is -0.829. The Morgan fingerprint density at radius 1 is 1.33 bits per heavy atom. The maximum absolute atomic E-state index is 14.1. The first kappa shape index (κ1) is 16.5. The Morgan fingerprint density at radius 2 is 2.08 bits per heavy atom. The second-order valence-electron chi connectivity index (χ2n) is 5.99. The third kappa shape index (κ3) is 3.01. The van der Waals surface area contributed by atoms with Crippen molar-refractivity contribution < 1.29 is 23.5 Å². The number of amides is 2. The molecule has 1 N–H and O–H groups in total. The Labute approximate surface area is 137 Å². The summed E-state index contributed by atoms with van der Waals surface area (Å²) in [6, 6.07) is 2.27. The molecular weight excluding hydrogens is 320 g/mol. The van der Waals surface area contributed by atoms with Crippen LogP contribution in [0.5, 0.6) is 0 Å². The molecule has 2 aliphatic rings. The molecule has 2 aliphatic heterocycles. The van der Waals surface area contributed by atoms with E-state index in [0.717, 1.165) is 23.2 Å². The molecule has 1 fully saturated rings. The molecule has 2 atom stereocenters. The van der Waals surface area contributed by atoms with E-state index in [9.17, 15) is 23.5 Å². The fraction of sp³-hybridized carbons (Fsp3) is 0.438. The van der Waals surface area contributed by atoms with Crippen LogP contribution in [0.25, 0.3) is 0 Å². The zero-order valence-electron chi connectivity index (χ0n) is 13.1. The van der Waals surface area contributed by atoms with E-state index in [4.69, 9.17) is 0 Å². The Balaban J connectivity index is 1.91. The zero-order chi connectivity index (χ0) is 17.4. The monoisotopic (exact) mass is 337 g/mol. The zero-order valence-corrected chi connectivity index (χ0v) is 13.1. The van der Waals surface area contributed by atoms with Gasteiger partial charge in [0.1, 0.15) is 17.3 Å². The summed E-state index contributed by atoms with van der Waals surface area (Å²) in [5, 5.41) is 15.0. The largest absolute Gasteiger partial charge is 0.391 e. The van der Waals surface area contributed by atoms with Gasteiger partial charge in [-0.2, -0.15) is 5.10 Å². The molecular formula is C16H17F2N3O3. The topological polar surface area (TPSA) is 73.2 Å². The molecule has 1 aromatic rings. The number of hydrogen-bond donors (Lipinski definition) is 1. The minimum absolute atomic E-state index is 0.0101. The van der Waals surface area contributed by atoms with Crippen LogP contribution in [0.2, 0.25) is 0 Å². The quantitative estimate of drug-likeness (QED) is 0.881. The summed E-state index contributed by atoms with van der Waals surface area (Å²) in [7, 11) is 1.46. The first-order valence-electron chi connectivity index (χ1n) is 7.65. The van der Waals surface area contributed by atoms with Crippen molar-refractivity contribution >= 4 is 17.5 Å². The normalized spacial score (nSPS) is 24.3. The van der Waals surface area contributed by atoms with Crippen molar-refractivity contribution in [2.24, 2.45) is 5.10 Å². The van der Waals surface area contributed by atoms with E-state index >= 15 is 0 Å². The number of rotatable bonds is 2. The van der Waals surface area contributed by atoms with Crippen LogP contribution in [-0.4, -0.2) is 52.2 Å². The lowest BCUT2D eigenvalue weighted by Crippen LogP contribution is -2.41.